The molecule has 1 aliphatic carbocycles. The molecule has 0 aliphatic heterocycles. The molecule has 0 bridgehead atoms. The highest BCUT2D eigenvalue weighted by atomic mass is 35.5. The third kappa shape index (κ3) is 3.03. The molecule has 5 nitrogen and oxygen atoms in total. The Kier molecular flexibility index (Phi) is 3.84. The number of nitrogens with zero attached hydrogens (tertiary/aromatic N) is 1. The van der Waals surface area contributed by atoms with Crippen molar-refractivity contribution >= 4 is 17.6 Å². The largest absolute Gasteiger partial charge is 0.493 e. The van der Waals surface area contributed by atoms with Crippen LogP contribution in [0, 0.1) is 5.92 Å². The normalized spacial score (nSPS) is 14.7. The van der Waals surface area contributed by atoms with Gasteiger partial charge < -0.3 is 14.4 Å². The molecule has 0 spiro atoms. The number of aromatic nitrogens is 1. The van der Waals surface area contributed by atoms with Gasteiger partial charge in [-0.15, -0.1) is 0 Å². The lowest BCUT2D eigenvalue weighted by Crippen LogP contribution is -2.19. The quantitative estimate of drug-likeness (QED) is 0.907. The van der Waals surface area contributed by atoms with Crippen LogP contribution < -0.4 is 4.74 Å². The average Bonchev–Trinajstić information content (AvgIpc) is 2.88. The van der Waals surface area contributed by atoms with Crippen molar-refractivity contribution in [2.45, 2.75) is 19.3 Å². The monoisotopic (exact) mass is 307 g/mol. The lowest BCUT2D eigenvalue weighted by atomic mass is 9.86. The summed E-state index contributed by atoms with van der Waals surface area (Å²) < 4.78 is 10.6. The van der Waals surface area contributed by atoms with E-state index in [1.807, 2.05) is 0 Å². The van der Waals surface area contributed by atoms with E-state index in [1.54, 1.807) is 18.2 Å². The number of benzene rings is 1. The number of halogens is 1. The van der Waals surface area contributed by atoms with Crippen molar-refractivity contribution in [1.82, 2.24) is 5.16 Å². The first-order chi connectivity index (χ1) is 10.1. The second kappa shape index (κ2) is 5.77. The van der Waals surface area contributed by atoms with Crippen LogP contribution in [-0.2, 0) is 0 Å². The number of carboxylic acid groups (broad SMARTS) is 1. The Morgan fingerprint density at radius 2 is 2.24 bits per heavy atom. The first kappa shape index (κ1) is 13.9. The number of aromatic carboxylic acids is 1. The van der Waals surface area contributed by atoms with Crippen LogP contribution in [0.25, 0.3) is 11.3 Å². The Morgan fingerprint density at radius 3 is 2.86 bits per heavy atom. The fraction of sp³-hybridized carbons (Fsp3) is 0.333. The summed E-state index contributed by atoms with van der Waals surface area (Å²) in [5.74, 6) is -0.139. The highest BCUT2D eigenvalue weighted by Gasteiger charge is 2.20. The van der Waals surface area contributed by atoms with Crippen molar-refractivity contribution in [1.29, 1.82) is 0 Å². The second-order valence-corrected chi connectivity index (χ2v) is 5.57. The van der Waals surface area contributed by atoms with Crippen molar-refractivity contribution in [3.8, 4) is 17.0 Å². The molecule has 1 aliphatic rings. The van der Waals surface area contributed by atoms with Gasteiger partial charge in [-0.3, -0.25) is 0 Å². The van der Waals surface area contributed by atoms with Gasteiger partial charge in [0.1, 0.15) is 11.4 Å². The summed E-state index contributed by atoms with van der Waals surface area (Å²) in [7, 11) is 0. The van der Waals surface area contributed by atoms with E-state index in [2.05, 4.69) is 5.16 Å². The molecule has 110 valence electrons. The van der Waals surface area contributed by atoms with Gasteiger partial charge >= 0.3 is 5.97 Å². The first-order valence-corrected chi connectivity index (χ1v) is 7.14. The van der Waals surface area contributed by atoms with Gasteiger partial charge in [0.25, 0.3) is 0 Å². The molecule has 0 radical (unpaired) electrons. The summed E-state index contributed by atoms with van der Waals surface area (Å²) in [6, 6.07) is 6.57. The molecule has 1 fully saturated rings. The van der Waals surface area contributed by atoms with Crippen LogP contribution in [0.15, 0.2) is 28.8 Å². The summed E-state index contributed by atoms with van der Waals surface area (Å²) in [5.41, 5.74) is 1.04. The highest BCUT2D eigenvalue weighted by Crippen LogP contribution is 2.34. The van der Waals surface area contributed by atoms with Crippen LogP contribution in [0.5, 0.6) is 5.75 Å². The van der Waals surface area contributed by atoms with Crippen molar-refractivity contribution < 1.29 is 19.2 Å². The topological polar surface area (TPSA) is 72.6 Å². The number of ether oxygens (including phenoxy) is 1. The minimum atomic E-state index is -1.16. The first-order valence-electron chi connectivity index (χ1n) is 6.76. The predicted molar refractivity (Wildman–Crippen MR) is 76.7 cm³/mol. The van der Waals surface area contributed by atoms with Crippen LogP contribution in [0.3, 0.4) is 0 Å². The van der Waals surface area contributed by atoms with E-state index in [0.717, 1.165) is 0 Å². The van der Waals surface area contributed by atoms with E-state index >= 15 is 0 Å². The Morgan fingerprint density at radius 1 is 1.43 bits per heavy atom. The molecule has 2 aromatic rings. The molecule has 0 saturated heterocycles. The van der Waals surface area contributed by atoms with Crippen LogP contribution in [-0.4, -0.2) is 22.8 Å². The summed E-state index contributed by atoms with van der Waals surface area (Å²) in [4.78, 5) is 10.9. The van der Waals surface area contributed by atoms with Crippen molar-refractivity contribution in [3.63, 3.8) is 0 Å². The van der Waals surface area contributed by atoms with E-state index in [1.165, 1.54) is 25.3 Å². The lowest BCUT2D eigenvalue weighted by molar-refractivity contribution is 0.0652. The number of carbonyl (C=O) groups is 1. The van der Waals surface area contributed by atoms with Gasteiger partial charge in [0, 0.05) is 16.7 Å². The number of hydrogen-bond acceptors (Lipinski definition) is 4. The molecule has 1 aromatic carbocycles. The standard InChI is InChI=1S/C15H14ClNO4/c16-10-4-5-13(20-8-9-2-1-3-9)11(6-10)12-7-14(15(18)19)21-17-12/h4-7,9H,1-3,8H2,(H,18,19). The van der Waals surface area contributed by atoms with E-state index in [-0.39, 0.29) is 5.76 Å². The Hall–Kier alpha value is -2.01. The van der Waals surface area contributed by atoms with Gasteiger partial charge in [-0.05, 0) is 37.0 Å². The number of carboxylic acids is 1. The maximum atomic E-state index is 10.9. The highest BCUT2D eigenvalue weighted by molar-refractivity contribution is 6.31. The minimum absolute atomic E-state index is 0.213. The van der Waals surface area contributed by atoms with Crippen molar-refractivity contribution in [2.75, 3.05) is 6.61 Å². The molecule has 0 atom stereocenters. The van der Waals surface area contributed by atoms with E-state index in [0.29, 0.717) is 34.6 Å². The fourth-order valence-corrected chi connectivity index (χ4v) is 2.37. The van der Waals surface area contributed by atoms with Crippen molar-refractivity contribution in [3.05, 3.63) is 35.0 Å². The third-order valence-corrected chi connectivity index (χ3v) is 3.87. The zero-order chi connectivity index (χ0) is 14.8. The molecule has 3 rings (SSSR count). The SMILES string of the molecule is O=C(O)c1cc(-c2cc(Cl)ccc2OCC2CCC2)no1. The average molecular weight is 308 g/mol. The molecule has 0 unspecified atom stereocenters. The van der Waals surface area contributed by atoms with Gasteiger partial charge in [-0.25, -0.2) is 4.79 Å². The molecule has 1 aromatic heterocycles. The minimum Gasteiger partial charge on any atom is -0.493 e. The molecular formula is C15H14ClNO4. The predicted octanol–water partition coefficient (Wildman–Crippen LogP) is 3.87. The Bertz CT molecular complexity index is 663. The summed E-state index contributed by atoms with van der Waals surface area (Å²) in [5, 5.41) is 13.2. The Balaban J connectivity index is 1.87. The zero-order valence-corrected chi connectivity index (χ0v) is 12.0. The van der Waals surface area contributed by atoms with E-state index in [9.17, 15) is 4.79 Å². The maximum Gasteiger partial charge on any atom is 0.374 e. The fourth-order valence-electron chi connectivity index (χ4n) is 2.20. The van der Waals surface area contributed by atoms with Crippen LogP contribution in [0.1, 0.15) is 29.8 Å². The van der Waals surface area contributed by atoms with Gasteiger partial charge in [-0.1, -0.05) is 23.2 Å². The Labute approximate surface area is 126 Å². The lowest BCUT2D eigenvalue weighted by Gasteiger charge is -2.25. The summed E-state index contributed by atoms with van der Waals surface area (Å²) >= 11 is 6.01. The van der Waals surface area contributed by atoms with Gasteiger partial charge in [-0.2, -0.15) is 0 Å². The number of hydrogen-bond donors (Lipinski definition) is 1. The molecule has 0 amide bonds. The number of rotatable bonds is 5. The molecule has 1 heterocycles. The van der Waals surface area contributed by atoms with E-state index < -0.39 is 5.97 Å². The van der Waals surface area contributed by atoms with Gasteiger partial charge in [0.2, 0.25) is 5.76 Å². The van der Waals surface area contributed by atoms with Crippen molar-refractivity contribution in [2.24, 2.45) is 5.92 Å². The van der Waals surface area contributed by atoms with Gasteiger partial charge in [0.15, 0.2) is 0 Å². The molecule has 1 saturated carbocycles. The van der Waals surface area contributed by atoms with Crippen LogP contribution in [0.2, 0.25) is 5.02 Å². The van der Waals surface area contributed by atoms with Crippen LogP contribution in [0.4, 0.5) is 0 Å². The second-order valence-electron chi connectivity index (χ2n) is 5.13. The molecular weight excluding hydrogens is 294 g/mol. The zero-order valence-electron chi connectivity index (χ0n) is 11.2. The third-order valence-electron chi connectivity index (χ3n) is 3.64. The smallest absolute Gasteiger partial charge is 0.374 e. The van der Waals surface area contributed by atoms with Gasteiger partial charge in [0.05, 0.1) is 6.61 Å². The molecule has 6 heteroatoms. The van der Waals surface area contributed by atoms with Crippen LogP contribution >= 0.6 is 11.6 Å². The maximum absolute atomic E-state index is 10.9. The van der Waals surface area contributed by atoms with E-state index in [4.69, 9.17) is 26.0 Å². The summed E-state index contributed by atoms with van der Waals surface area (Å²) in [6.07, 6.45) is 3.64. The molecule has 21 heavy (non-hydrogen) atoms. The summed E-state index contributed by atoms with van der Waals surface area (Å²) in [6.45, 7) is 0.651. The molecule has 1 N–H and O–H groups in total.